The first-order valence-electron chi connectivity index (χ1n) is 11.6. The number of anilines is 2. The molecule has 35 heavy (non-hydrogen) atoms. The Morgan fingerprint density at radius 3 is 2.57 bits per heavy atom. The highest BCUT2D eigenvalue weighted by atomic mass is 32.2. The number of sulfonamides is 1. The molecule has 2 amide bonds. The number of hydrogen-bond acceptors (Lipinski definition) is 5. The normalized spacial score (nSPS) is 19.3. The number of fused-ring (bicyclic) bond motifs is 1. The van der Waals surface area contributed by atoms with Crippen LogP contribution in [0.25, 0.3) is 10.8 Å². The molecule has 2 aliphatic rings. The van der Waals surface area contributed by atoms with Crippen LogP contribution in [0.2, 0.25) is 0 Å². The van der Waals surface area contributed by atoms with E-state index in [0.717, 1.165) is 22.0 Å². The van der Waals surface area contributed by atoms with Crippen molar-refractivity contribution < 1.29 is 22.7 Å². The molecule has 1 atom stereocenters. The van der Waals surface area contributed by atoms with Gasteiger partial charge in [-0.15, -0.1) is 0 Å². The van der Waals surface area contributed by atoms with E-state index < -0.39 is 15.9 Å². The summed E-state index contributed by atoms with van der Waals surface area (Å²) in [5.41, 5.74) is 1.97. The van der Waals surface area contributed by atoms with Crippen LogP contribution >= 0.6 is 0 Å². The third-order valence-electron chi connectivity index (χ3n) is 6.63. The van der Waals surface area contributed by atoms with Gasteiger partial charge in [0.05, 0.1) is 29.7 Å². The average molecular weight is 494 g/mol. The fourth-order valence-electron chi connectivity index (χ4n) is 4.63. The molecule has 5 rings (SSSR count). The van der Waals surface area contributed by atoms with E-state index in [1.807, 2.05) is 49.4 Å². The number of aryl methyl sites for hydroxylation is 1. The molecule has 9 heteroatoms. The number of carbonyl (C=O) groups excluding carboxylic acids is 2. The third-order valence-corrected chi connectivity index (χ3v) is 8.52. The van der Waals surface area contributed by atoms with Gasteiger partial charge in [0.25, 0.3) is 0 Å². The van der Waals surface area contributed by atoms with E-state index in [2.05, 4.69) is 5.32 Å². The van der Waals surface area contributed by atoms with Crippen molar-refractivity contribution in [3.05, 3.63) is 66.2 Å². The summed E-state index contributed by atoms with van der Waals surface area (Å²) in [5, 5.41) is 4.86. The van der Waals surface area contributed by atoms with Gasteiger partial charge < -0.3 is 15.0 Å². The van der Waals surface area contributed by atoms with Crippen LogP contribution in [0.4, 0.5) is 11.4 Å². The molecule has 2 fully saturated rings. The maximum absolute atomic E-state index is 13.1. The molecule has 0 aliphatic carbocycles. The summed E-state index contributed by atoms with van der Waals surface area (Å²) in [5.74, 6) is -0.952. The van der Waals surface area contributed by atoms with E-state index in [9.17, 15) is 18.0 Å². The highest BCUT2D eigenvalue weighted by Gasteiger charge is 2.36. The second kappa shape index (κ2) is 9.41. The largest absolute Gasteiger partial charge is 0.379 e. The van der Waals surface area contributed by atoms with Gasteiger partial charge in [0, 0.05) is 37.1 Å². The number of benzene rings is 3. The summed E-state index contributed by atoms with van der Waals surface area (Å²) in [6, 6.07) is 18.4. The lowest BCUT2D eigenvalue weighted by atomic mass is 10.1. The van der Waals surface area contributed by atoms with Gasteiger partial charge in [-0.3, -0.25) is 9.59 Å². The predicted octanol–water partition coefficient (Wildman–Crippen LogP) is 3.16. The Labute approximate surface area is 204 Å². The maximum atomic E-state index is 13.1. The van der Waals surface area contributed by atoms with Gasteiger partial charge in [-0.25, -0.2) is 8.42 Å². The van der Waals surface area contributed by atoms with Gasteiger partial charge in [0.1, 0.15) is 0 Å². The molecule has 2 heterocycles. The zero-order valence-electron chi connectivity index (χ0n) is 19.4. The van der Waals surface area contributed by atoms with Crippen molar-refractivity contribution in [1.29, 1.82) is 0 Å². The van der Waals surface area contributed by atoms with Gasteiger partial charge in [-0.1, -0.05) is 42.5 Å². The average Bonchev–Trinajstić information content (AvgIpc) is 3.27. The van der Waals surface area contributed by atoms with E-state index >= 15 is 0 Å². The van der Waals surface area contributed by atoms with Crippen LogP contribution < -0.4 is 10.2 Å². The number of rotatable bonds is 5. The fraction of sp³-hybridized carbons (Fsp3) is 0.308. The number of nitrogens with zero attached hydrogens (tertiary/aromatic N) is 2. The predicted molar refractivity (Wildman–Crippen MR) is 134 cm³/mol. The van der Waals surface area contributed by atoms with Crippen LogP contribution in [0.3, 0.4) is 0 Å². The number of hydrogen-bond donors (Lipinski definition) is 1. The number of amides is 2. The highest BCUT2D eigenvalue weighted by Crippen LogP contribution is 2.32. The van der Waals surface area contributed by atoms with Crippen LogP contribution in [0, 0.1) is 12.8 Å². The second-order valence-corrected chi connectivity index (χ2v) is 10.8. The van der Waals surface area contributed by atoms with Gasteiger partial charge in [-0.2, -0.15) is 4.31 Å². The van der Waals surface area contributed by atoms with E-state index in [1.54, 1.807) is 17.0 Å². The van der Waals surface area contributed by atoms with E-state index in [4.69, 9.17) is 4.74 Å². The minimum Gasteiger partial charge on any atom is -0.379 e. The zero-order valence-corrected chi connectivity index (χ0v) is 20.3. The molecule has 3 aromatic rings. The van der Waals surface area contributed by atoms with Crippen molar-refractivity contribution in [2.75, 3.05) is 43.1 Å². The number of ether oxygens (including phenoxy) is 1. The van der Waals surface area contributed by atoms with Crippen LogP contribution in [0.15, 0.2) is 65.6 Å². The van der Waals surface area contributed by atoms with Crippen LogP contribution in [0.1, 0.15) is 12.0 Å². The summed E-state index contributed by atoms with van der Waals surface area (Å²) < 4.78 is 32.8. The van der Waals surface area contributed by atoms with Gasteiger partial charge in [0.2, 0.25) is 21.8 Å². The van der Waals surface area contributed by atoms with Crippen LogP contribution in [-0.2, 0) is 24.3 Å². The quantitative estimate of drug-likeness (QED) is 0.589. The number of morpholine rings is 1. The molecule has 2 aliphatic heterocycles. The minimum atomic E-state index is -3.69. The first kappa shape index (κ1) is 23.5. The maximum Gasteiger partial charge on any atom is 0.243 e. The topological polar surface area (TPSA) is 96.0 Å². The molecule has 3 aromatic carbocycles. The summed E-state index contributed by atoms with van der Waals surface area (Å²) in [4.78, 5) is 27.8. The molecule has 0 saturated carbocycles. The lowest BCUT2D eigenvalue weighted by Gasteiger charge is -2.26. The van der Waals surface area contributed by atoms with Gasteiger partial charge >= 0.3 is 0 Å². The highest BCUT2D eigenvalue weighted by molar-refractivity contribution is 7.89. The molecule has 182 valence electrons. The summed E-state index contributed by atoms with van der Waals surface area (Å²) in [6.07, 6.45) is 0.0971. The summed E-state index contributed by atoms with van der Waals surface area (Å²) >= 11 is 0. The first-order valence-corrected chi connectivity index (χ1v) is 13.1. The molecule has 2 saturated heterocycles. The Hall–Kier alpha value is -3.27. The standard InChI is InChI=1S/C26H27N3O5S/c1-18-9-10-21(35(32,33)28-11-13-34-14-12-28)16-23(18)27-26(31)20-15-25(30)29(17-20)24-8-4-6-19-5-2-3-7-22(19)24/h2-10,16,20H,11-15,17H2,1H3,(H,27,31). The summed E-state index contributed by atoms with van der Waals surface area (Å²) in [6.45, 7) is 3.39. The van der Waals surface area contributed by atoms with E-state index in [1.165, 1.54) is 10.4 Å². The Morgan fingerprint density at radius 2 is 1.77 bits per heavy atom. The molecular weight excluding hydrogens is 466 g/mol. The third kappa shape index (κ3) is 4.54. The SMILES string of the molecule is Cc1ccc(S(=O)(=O)N2CCOCC2)cc1NC(=O)C1CC(=O)N(c2cccc3ccccc23)C1. The van der Waals surface area contributed by atoms with Crippen molar-refractivity contribution in [3.8, 4) is 0 Å². The number of carbonyl (C=O) groups is 2. The minimum absolute atomic E-state index is 0.0971. The van der Waals surface area contributed by atoms with Gasteiger partial charge in [0.15, 0.2) is 0 Å². The fourth-order valence-corrected chi connectivity index (χ4v) is 6.06. The molecule has 0 bridgehead atoms. The summed E-state index contributed by atoms with van der Waals surface area (Å²) in [7, 11) is -3.69. The van der Waals surface area contributed by atoms with Crippen molar-refractivity contribution in [2.24, 2.45) is 5.92 Å². The van der Waals surface area contributed by atoms with Gasteiger partial charge in [-0.05, 0) is 36.1 Å². The Bertz CT molecular complexity index is 1390. The smallest absolute Gasteiger partial charge is 0.243 e. The first-order chi connectivity index (χ1) is 16.8. The van der Waals surface area contributed by atoms with Crippen LogP contribution in [-0.4, -0.2) is 57.4 Å². The van der Waals surface area contributed by atoms with Crippen LogP contribution in [0.5, 0.6) is 0 Å². The lowest BCUT2D eigenvalue weighted by molar-refractivity contribution is -0.122. The Kier molecular flexibility index (Phi) is 6.31. The molecular formula is C26H27N3O5S. The number of nitrogens with one attached hydrogen (secondary N) is 1. The Balaban J connectivity index is 1.35. The zero-order chi connectivity index (χ0) is 24.6. The molecule has 1 N–H and O–H groups in total. The van der Waals surface area contributed by atoms with Crippen molar-refractivity contribution in [1.82, 2.24) is 4.31 Å². The molecule has 1 unspecified atom stereocenters. The molecule has 0 spiro atoms. The van der Waals surface area contributed by atoms with Crippen molar-refractivity contribution >= 4 is 44.0 Å². The van der Waals surface area contributed by atoms with Crippen molar-refractivity contribution in [2.45, 2.75) is 18.2 Å². The van der Waals surface area contributed by atoms with E-state index in [-0.39, 0.29) is 29.7 Å². The molecule has 0 aromatic heterocycles. The Morgan fingerprint density at radius 1 is 1.03 bits per heavy atom. The molecule has 0 radical (unpaired) electrons. The van der Waals surface area contributed by atoms with Crippen molar-refractivity contribution in [3.63, 3.8) is 0 Å². The molecule has 8 nitrogen and oxygen atoms in total. The monoisotopic (exact) mass is 493 g/mol. The second-order valence-electron chi connectivity index (χ2n) is 8.89. The lowest BCUT2D eigenvalue weighted by Crippen LogP contribution is -2.40. The van der Waals surface area contributed by atoms with E-state index in [0.29, 0.717) is 32.0 Å².